The summed E-state index contributed by atoms with van der Waals surface area (Å²) in [5.74, 6) is 0. The van der Waals surface area contributed by atoms with Crippen LogP contribution in [0.3, 0.4) is 0 Å². The highest BCUT2D eigenvalue weighted by Gasteiger charge is 2.22. The first kappa shape index (κ1) is 21.2. The van der Waals surface area contributed by atoms with Crippen molar-refractivity contribution >= 4 is 44.9 Å². The second kappa shape index (κ2) is 9.37. The summed E-state index contributed by atoms with van der Waals surface area (Å²) in [4.78, 5) is 14.9. The molecule has 0 saturated carbocycles. The lowest BCUT2D eigenvalue weighted by Gasteiger charge is -2.23. The molecule has 156 valence electrons. The van der Waals surface area contributed by atoms with Gasteiger partial charge in [-0.1, -0.05) is 63.9 Å². The van der Waals surface area contributed by atoms with Gasteiger partial charge in [0.05, 0.1) is 17.9 Å². The van der Waals surface area contributed by atoms with Gasteiger partial charge in [0.1, 0.15) is 5.15 Å². The van der Waals surface area contributed by atoms with Gasteiger partial charge in [-0.05, 0) is 55.5 Å². The van der Waals surface area contributed by atoms with E-state index >= 15 is 0 Å². The van der Waals surface area contributed by atoms with Gasteiger partial charge in [-0.2, -0.15) is 5.10 Å². The number of amides is 2. The first-order chi connectivity index (χ1) is 15.0. The van der Waals surface area contributed by atoms with Crippen LogP contribution in [0.5, 0.6) is 0 Å². The molecule has 0 spiro atoms. The summed E-state index contributed by atoms with van der Waals surface area (Å²) in [6, 6.07) is 26.4. The van der Waals surface area contributed by atoms with E-state index in [4.69, 9.17) is 11.6 Å². The molecule has 7 heteroatoms. The average molecular weight is 496 g/mol. The number of hydrogen-bond donors (Lipinski definition) is 1. The molecule has 4 rings (SSSR count). The lowest BCUT2D eigenvalue weighted by Crippen LogP contribution is -2.34. The van der Waals surface area contributed by atoms with E-state index < -0.39 is 0 Å². The van der Waals surface area contributed by atoms with Gasteiger partial charge in [-0.3, -0.25) is 4.90 Å². The van der Waals surface area contributed by atoms with Crippen molar-refractivity contribution in [3.63, 3.8) is 0 Å². The Morgan fingerprint density at radius 3 is 2.26 bits per heavy atom. The number of para-hydroxylation sites is 2. The number of rotatable bonds is 5. The molecule has 0 bridgehead atoms. The lowest BCUT2D eigenvalue weighted by atomic mass is 10.2. The fourth-order valence-corrected chi connectivity index (χ4v) is 3.82. The molecule has 0 fully saturated rings. The molecular weight excluding hydrogens is 476 g/mol. The highest BCUT2D eigenvalue weighted by atomic mass is 79.9. The van der Waals surface area contributed by atoms with Crippen LogP contribution in [0.2, 0.25) is 5.15 Å². The third-order valence-corrected chi connectivity index (χ3v) is 5.76. The zero-order chi connectivity index (χ0) is 21.8. The van der Waals surface area contributed by atoms with Crippen LogP contribution in [0, 0.1) is 6.92 Å². The summed E-state index contributed by atoms with van der Waals surface area (Å²) in [6.07, 6.45) is 0. The van der Waals surface area contributed by atoms with Gasteiger partial charge >= 0.3 is 6.03 Å². The Morgan fingerprint density at radius 1 is 1.00 bits per heavy atom. The summed E-state index contributed by atoms with van der Waals surface area (Å²) in [5.41, 5.74) is 3.89. The number of aryl methyl sites for hydroxylation is 1. The molecule has 31 heavy (non-hydrogen) atoms. The monoisotopic (exact) mass is 494 g/mol. The van der Waals surface area contributed by atoms with Crippen molar-refractivity contribution in [3.8, 4) is 5.69 Å². The summed E-state index contributed by atoms with van der Waals surface area (Å²) < 4.78 is 2.63. The molecule has 0 aliphatic carbocycles. The third kappa shape index (κ3) is 4.81. The van der Waals surface area contributed by atoms with Crippen molar-refractivity contribution in [2.75, 3.05) is 10.2 Å². The number of aromatic nitrogens is 2. The number of nitrogens with zero attached hydrogens (tertiary/aromatic N) is 3. The molecule has 1 heterocycles. The van der Waals surface area contributed by atoms with E-state index in [1.54, 1.807) is 9.58 Å². The lowest BCUT2D eigenvalue weighted by molar-refractivity contribution is 0.256. The van der Waals surface area contributed by atoms with E-state index in [0.29, 0.717) is 5.15 Å². The first-order valence-corrected chi connectivity index (χ1v) is 10.9. The third-order valence-electron chi connectivity index (χ3n) is 4.85. The molecule has 0 unspecified atom stereocenters. The van der Waals surface area contributed by atoms with Crippen LogP contribution in [0.1, 0.15) is 11.3 Å². The Balaban J connectivity index is 1.69. The summed E-state index contributed by atoms with van der Waals surface area (Å²) in [5, 5.41) is 8.05. The van der Waals surface area contributed by atoms with E-state index in [-0.39, 0.29) is 12.6 Å². The zero-order valence-electron chi connectivity index (χ0n) is 16.8. The molecular formula is C24H20BrClN4O. The summed E-state index contributed by atoms with van der Waals surface area (Å²) >= 11 is 10.2. The number of benzene rings is 3. The predicted octanol–water partition coefficient (Wildman–Crippen LogP) is 6.84. The van der Waals surface area contributed by atoms with Crippen molar-refractivity contribution in [1.29, 1.82) is 0 Å². The normalized spacial score (nSPS) is 10.7. The van der Waals surface area contributed by atoms with E-state index in [2.05, 4.69) is 26.3 Å². The standard InChI is InChI=1S/C24H20BrClN4O/c1-17-22(23(26)30(28-17)21-10-6-3-7-11-21)16-29(20-14-12-18(25)13-15-20)24(31)27-19-8-4-2-5-9-19/h2-15H,16H2,1H3,(H,27,31). The number of carbonyl (C=O) groups excluding carboxylic acids is 1. The molecule has 4 aromatic rings. The summed E-state index contributed by atoms with van der Waals surface area (Å²) in [6.45, 7) is 2.17. The minimum Gasteiger partial charge on any atom is -0.308 e. The van der Waals surface area contributed by atoms with Crippen molar-refractivity contribution in [1.82, 2.24) is 9.78 Å². The Hall–Kier alpha value is -3.09. The second-order valence-electron chi connectivity index (χ2n) is 6.96. The molecule has 0 saturated heterocycles. The SMILES string of the molecule is Cc1nn(-c2ccccc2)c(Cl)c1CN(C(=O)Nc1ccccc1)c1ccc(Br)cc1. The molecule has 0 aliphatic heterocycles. The predicted molar refractivity (Wildman–Crippen MR) is 129 cm³/mol. The Morgan fingerprint density at radius 2 is 1.61 bits per heavy atom. The van der Waals surface area contributed by atoms with E-state index in [1.165, 1.54) is 0 Å². The van der Waals surface area contributed by atoms with Gasteiger partial charge in [0, 0.05) is 21.4 Å². The topological polar surface area (TPSA) is 50.2 Å². The molecule has 3 aromatic carbocycles. The van der Waals surface area contributed by atoms with Gasteiger partial charge in [0.25, 0.3) is 0 Å². The van der Waals surface area contributed by atoms with Crippen LogP contribution >= 0.6 is 27.5 Å². The molecule has 0 aliphatic rings. The highest BCUT2D eigenvalue weighted by Crippen LogP contribution is 2.28. The van der Waals surface area contributed by atoms with Crippen LogP contribution < -0.4 is 10.2 Å². The number of urea groups is 1. The maximum Gasteiger partial charge on any atom is 0.326 e. The summed E-state index contributed by atoms with van der Waals surface area (Å²) in [7, 11) is 0. The first-order valence-electron chi connectivity index (χ1n) is 9.71. The maximum absolute atomic E-state index is 13.2. The molecule has 2 amide bonds. The van der Waals surface area contributed by atoms with Crippen LogP contribution in [-0.4, -0.2) is 15.8 Å². The number of nitrogens with one attached hydrogen (secondary N) is 1. The van der Waals surface area contributed by atoms with Crippen molar-refractivity contribution in [2.45, 2.75) is 13.5 Å². The van der Waals surface area contributed by atoms with Crippen LogP contribution in [0.25, 0.3) is 5.69 Å². The van der Waals surface area contributed by atoms with E-state index in [0.717, 1.165) is 32.8 Å². The van der Waals surface area contributed by atoms with Gasteiger partial charge in [-0.25, -0.2) is 9.48 Å². The Bertz CT molecular complexity index is 1180. The van der Waals surface area contributed by atoms with E-state index in [9.17, 15) is 4.79 Å². The van der Waals surface area contributed by atoms with Gasteiger partial charge in [0.15, 0.2) is 0 Å². The van der Waals surface area contributed by atoms with Crippen LogP contribution in [0.4, 0.5) is 16.2 Å². The van der Waals surface area contributed by atoms with Gasteiger partial charge in [-0.15, -0.1) is 0 Å². The van der Waals surface area contributed by atoms with Gasteiger partial charge in [0.2, 0.25) is 0 Å². The molecule has 5 nitrogen and oxygen atoms in total. The fraction of sp³-hybridized carbons (Fsp3) is 0.0833. The maximum atomic E-state index is 13.2. The molecule has 1 N–H and O–H groups in total. The number of halogens is 2. The molecule has 1 aromatic heterocycles. The van der Waals surface area contributed by atoms with Crippen molar-refractivity contribution in [3.05, 3.63) is 106 Å². The Labute approximate surface area is 194 Å². The largest absolute Gasteiger partial charge is 0.326 e. The zero-order valence-corrected chi connectivity index (χ0v) is 19.1. The molecule has 0 radical (unpaired) electrons. The van der Waals surface area contributed by atoms with Crippen molar-refractivity contribution < 1.29 is 4.79 Å². The van der Waals surface area contributed by atoms with Crippen LogP contribution in [-0.2, 0) is 6.54 Å². The molecule has 0 atom stereocenters. The van der Waals surface area contributed by atoms with E-state index in [1.807, 2.05) is 91.9 Å². The van der Waals surface area contributed by atoms with Crippen molar-refractivity contribution in [2.24, 2.45) is 0 Å². The second-order valence-corrected chi connectivity index (χ2v) is 8.23. The van der Waals surface area contributed by atoms with Crippen LogP contribution in [0.15, 0.2) is 89.4 Å². The average Bonchev–Trinajstić information content (AvgIpc) is 3.07. The minimum atomic E-state index is -0.253. The quantitative estimate of drug-likeness (QED) is 0.330. The van der Waals surface area contributed by atoms with Gasteiger partial charge < -0.3 is 5.32 Å². The number of hydrogen-bond acceptors (Lipinski definition) is 2. The highest BCUT2D eigenvalue weighted by molar-refractivity contribution is 9.10. The smallest absolute Gasteiger partial charge is 0.308 e. The Kier molecular flexibility index (Phi) is 6.39. The fourth-order valence-electron chi connectivity index (χ4n) is 3.22. The minimum absolute atomic E-state index is 0.253. The number of anilines is 2. The number of carbonyl (C=O) groups is 1.